The molecule has 2 aromatic carbocycles. The fraction of sp³-hybridized carbons (Fsp3) is 0.455. The Kier molecular flexibility index (Phi) is 6.45. The molecule has 0 amide bonds. The summed E-state index contributed by atoms with van der Waals surface area (Å²) < 4.78 is 72.2. The van der Waals surface area contributed by atoms with E-state index < -0.39 is 25.8 Å². The quantitative estimate of drug-likeness (QED) is 0.604. The maximum atomic E-state index is 13.4. The second-order valence-corrected chi connectivity index (χ2v) is 11.9. The SMILES string of the molecule is COc1ccc(S(=O)(=O)N2CCOC23CCN(S(=O)(=O)c2ccc(OC)c(C)c2)CC3)cc1. The Hall–Kier alpha value is -2.18. The molecule has 11 heteroatoms. The normalized spacial score (nSPS) is 19.6. The van der Waals surface area contributed by atoms with Crippen molar-refractivity contribution in [1.82, 2.24) is 8.61 Å². The van der Waals surface area contributed by atoms with Crippen LogP contribution in [0, 0.1) is 6.92 Å². The van der Waals surface area contributed by atoms with Crippen molar-refractivity contribution >= 4 is 20.0 Å². The number of sulfonamides is 2. The van der Waals surface area contributed by atoms with Gasteiger partial charge in [-0.15, -0.1) is 0 Å². The van der Waals surface area contributed by atoms with Crippen molar-refractivity contribution in [3.63, 3.8) is 0 Å². The topological polar surface area (TPSA) is 102 Å². The van der Waals surface area contributed by atoms with E-state index in [0.717, 1.165) is 5.56 Å². The molecule has 0 aromatic heterocycles. The third-order valence-corrected chi connectivity index (χ3v) is 10.1. The van der Waals surface area contributed by atoms with E-state index >= 15 is 0 Å². The second-order valence-electron chi connectivity index (χ2n) is 8.08. The lowest BCUT2D eigenvalue weighted by Gasteiger charge is -2.42. The Morgan fingerprint density at radius 2 is 1.48 bits per heavy atom. The maximum absolute atomic E-state index is 13.4. The number of nitrogens with zero attached hydrogens (tertiary/aromatic N) is 2. The van der Waals surface area contributed by atoms with Crippen LogP contribution in [0.15, 0.2) is 52.3 Å². The first kappa shape index (κ1) is 24.0. The van der Waals surface area contributed by atoms with Crippen LogP contribution in [0.25, 0.3) is 0 Å². The fourth-order valence-corrected chi connectivity index (χ4v) is 7.69. The van der Waals surface area contributed by atoms with Crippen LogP contribution in [0.1, 0.15) is 18.4 Å². The van der Waals surface area contributed by atoms with Gasteiger partial charge in [-0.2, -0.15) is 8.61 Å². The number of hydrogen-bond acceptors (Lipinski definition) is 7. The number of rotatable bonds is 6. The van der Waals surface area contributed by atoms with Gasteiger partial charge in [-0.05, 0) is 55.0 Å². The number of piperidine rings is 1. The molecule has 0 atom stereocenters. The summed E-state index contributed by atoms with van der Waals surface area (Å²) in [5.41, 5.74) is -0.330. The van der Waals surface area contributed by atoms with E-state index in [0.29, 0.717) is 11.5 Å². The van der Waals surface area contributed by atoms with Crippen molar-refractivity contribution in [1.29, 1.82) is 0 Å². The molecule has 2 aliphatic rings. The van der Waals surface area contributed by atoms with Crippen LogP contribution in [0.3, 0.4) is 0 Å². The summed E-state index contributed by atoms with van der Waals surface area (Å²) in [6.07, 6.45) is 0.494. The largest absolute Gasteiger partial charge is 0.497 e. The molecule has 1 spiro atoms. The number of methoxy groups -OCH3 is 2. The Bertz CT molecular complexity index is 1220. The summed E-state index contributed by atoms with van der Waals surface area (Å²) in [6.45, 7) is 2.58. The smallest absolute Gasteiger partial charge is 0.245 e. The van der Waals surface area contributed by atoms with E-state index in [1.54, 1.807) is 31.2 Å². The molecule has 0 N–H and O–H groups in total. The monoisotopic (exact) mass is 496 g/mol. The molecular formula is C22H28N2O7S2. The molecule has 2 fully saturated rings. The summed E-state index contributed by atoms with van der Waals surface area (Å²) in [7, 11) is -4.50. The lowest BCUT2D eigenvalue weighted by atomic mass is 10.0. The van der Waals surface area contributed by atoms with E-state index in [-0.39, 0.29) is 48.9 Å². The molecule has 2 heterocycles. The van der Waals surface area contributed by atoms with Crippen LogP contribution < -0.4 is 9.47 Å². The number of benzene rings is 2. The molecule has 0 aliphatic carbocycles. The minimum Gasteiger partial charge on any atom is -0.497 e. The van der Waals surface area contributed by atoms with E-state index in [9.17, 15) is 16.8 Å². The Labute approximate surface area is 195 Å². The van der Waals surface area contributed by atoms with Crippen LogP contribution in [0.5, 0.6) is 11.5 Å². The van der Waals surface area contributed by atoms with Gasteiger partial charge < -0.3 is 14.2 Å². The molecular weight excluding hydrogens is 468 g/mol. The molecule has 0 unspecified atom stereocenters. The molecule has 4 rings (SSSR count). The van der Waals surface area contributed by atoms with Gasteiger partial charge in [0.25, 0.3) is 0 Å². The average molecular weight is 497 g/mol. The predicted molar refractivity (Wildman–Crippen MR) is 121 cm³/mol. The molecule has 0 radical (unpaired) electrons. The first-order valence-electron chi connectivity index (χ1n) is 10.6. The zero-order chi connectivity index (χ0) is 23.9. The van der Waals surface area contributed by atoms with Gasteiger partial charge in [0.1, 0.15) is 17.2 Å². The lowest BCUT2D eigenvalue weighted by molar-refractivity contribution is -0.0806. The van der Waals surface area contributed by atoms with Crippen molar-refractivity contribution < 1.29 is 31.0 Å². The van der Waals surface area contributed by atoms with Crippen LogP contribution in [0.2, 0.25) is 0 Å². The van der Waals surface area contributed by atoms with E-state index in [1.165, 1.54) is 41.0 Å². The maximum Gasteiger partial charge on any atom is 0.245 e. The zero-order valence-corrected chi connectivity index (χ0v) is 20.5. The molecule has 0 bridgehead atoms. The summed E-state index contributed by atoms with van der Waals surface area (Å²) >= 11 is 0. The predicted octanol–water partition coefficient (Wildman–Crippen LogP) is 2.21. The number of hydrogen-bond donors (Lipinski definition) is 0. The first-order valence-corrected chi connectivity index (χ1v) is 13.5. The second kappa shape index (κ2) is 8.88. The third-order valence-electron chi connectivity index (χ3n) is 6.27. The Morgan fingerprint density at radius 3 is 2.06 bits per heavy atom. The van der Waals surface area contributed by atoms with Crippen LogP contribution in [-0.4, -0.2) is 71.6 Å². The first-order chi connectivity index (χ1) is 15.6. The number of aryl methyl sites for hydroxylation is 1. The minimum atomic E-state index is -3.82. The van der Waals surface area contributed by atoms with Gasteiger partial charge in [-0.1, -0.05) is 0 Å². The van der Waals surface area contributed by atoms with Crippen LogP contribution >= 0.6 is 0 Å². The molecule has 9 nitrogen and oxygen atoms in total. The molecule has 180 valence electrons. The standard InChI is InChI=1S/C22H28N2O7S2/c1-17-16-20(8-9-21(17)30-3)32(25,26)23-12-10-22(11-13-23)24(14-15-31-22)33(27,28)19-6-4-18(29-2)5-7-19/h4-9,16H,10-15H2,1-3H3. The summed E-state index contributed by atoms with van der Waals surface area (Å²) in [6, 6.07) is 11.0. The molecule has 33 heavy (non-hydrogen) atoms. The minimum absolute atomic E-state index is 0.150. The van der Waals surface area contributed by atoms with Gasteiger partial charge in [-0.25, -0.2) is 16.8 Å². The van der Waals surface area contributed by atoms with Gasteiger partial charge in [0.15, 0.2) is 0 Å². The number of ether oxygens (including phenoxy) is 3. The van der Waals surface area contributed by atoms with Gasteiger partial charge in [0.2, 0.25) is 20.0 Å². The molecule has 2 aromatic rings. The highest BCUT2D eigenvalue weighted by Gasteiger charge is 2.51. The van der Waals surface area contributed by atoms with Crippen LogP contribution in [-0.2, 0) is 24.8 Å². The highest BCUT2D eigenvalue weighted by atomic mass is 32.2. The van der Waals surface area contributed by atoms with E-state index in [4.69, 9.17) is 14.2 Å². The summed E-state index contributed by atoms with van der Waals surface area (Å²) in [5.74, 6) is 1.18. The van der Waals surface area contributed by atoms with Gasteiger partial charge in [0, 0.05) is 32.5 Å². The third kappa shape index (κ3) is 4.24. The molecule has 2 aliphatic heterocycles. The van der Waals surface area contributed by atoms with Crippen molar-refractivity contribution in [2.45, 2.75) is 35.3 Å². The zero-order valence-electron chi connectivity index (χ0n) is 18.9. The van der Waals surface area contributed by atoms with Gasteiger partial charge >= 0.3 is 0 Å². The van der Waals surface area contributed by atoms with E-state index in [2.05, 4.69) is 0 Å². The average Bonchev–Trinajstić information content (AvgIpc) is 3.23. The molecule has 2 saturated heterocycles. The van der Waals surface area contributed by atoms with Crippen molar-refractivity contribution in [3.8, 4) is 11.5 Å². The van der Waals surface area contributed by atoms with Gasteiger partial charge in [-0.3, -0.25) is 0 Å². The lowest BCUT2D eigenvalue weighted by Crippen LogP contribution is -2.55. The summed E-state index contributed by atoms with van der Waals surface area (Å²) in [5, 5.41) is 0. The van der Waals surface area contributed by atoms with Crippen molar-refractivity contribution in [2.75, 3.05) is 40.5 Å². The Morgan fingerprint density at radius 1 is 0.848 bits per heavy atom. The van der Waals surface area contributed by atoms with Crippen molar-refractivity contribution in [2.24, 2.45) is 0 Å². The summed E-state index contributed by atoms with van der Waals surface area (Å²) in [4.78, 5) is 0.337. The highest BCUT2D eigenvalue weighted by Crippen LogP contribution is 2.39. The Balaban J connectivity index is 1.54. The van der Waals surface area contributed by atoms with E-state index in [1.807, 2.05) is 0 Å². The molecule has 0 saturated carbocycles. The van der Waals surface area contributed by atoms with Crippen molar-refractivity contribution in [3.05, 3.63) is 48.0 Å². The van der Waals surface area contributed by atoms with Gasteiger partial charge in [0.05, 0.1) is 30.6 Å². The highest BCUT2D eigenvalue weighted by molar-refractivity contribution is 7.89. The fourth-order valence-electron chi connectivity index (χ4n) is 4.44. The van der Waals surface area contributed by atoms with Crippen LogP contribution in [0.4, 0.5) is 0 Å².